The third kappa shape index (κ3) is 3.70. The van der Waals surface area contributed by atoms with Gasteiger partial charge in [0, 0.05) is 17.1 Å². The minimum atomic E-state index is 0. The molecule has 0 saturated carbocycles. The molecule has 25 heavy (non-hydrogen) atoms. The van der Waals surface area contributed by atoms with Crippen molar-refractivity contribution in [3.63, 3.8) is 0 Å². The summed E-state index contributed by atoms with van der Waals surface area (Å²) >= 11 is 0. The average Bonchev–Trinajstić information content (AvgIpc) is 2.64. The number of hydrogen-bond donors (Lipinski definition) is 2. The first-order valence-electron chi connectivity index (χ1n) is 8.42. The van der Waals surface area contributed by atoms with E-state index in [1.807, 2.05) is 24.3 Å². The van der Waals surface area contributed by atoms with Gasteiger partial charge < -0.3 is 15.8 Å². The van der Waals surface area contributed by atoms with Gasteiger partial charge in [-0.15, -0.1) is 12.4 Å². The Morgan fingerprint density at radius 1 is 1.00 bits per heavy atom. The van der Waals surface area contributed by atoms with E-state index < -0.39 is 0 Å². The number of halogens is 1. The molecule has 1 aromatic heterocycles. The minimum Gasteiger partial charge on any atom is -0.490 e. The van der Waals surface area contributed by atoms with Crippen molar-refractivity contribution in [2.24, 2.45) is 0 Å². The summed E-state index contributed by atoms with van der Waals surface area (Å²) in [4.78, 5) is 4.41. The number of benzene rings is 2. The summed E-state index contributed by atoms with van der Waals surface area (Å²) in [6, 6.07) is 16.3. The van der Waals surface area contributed by atoms with E-state index in [0.717, 1.165) is 59.4 Å². The van der Waals surface area contributed by atoms with E-state index in [2.05, 4.69) is 34.6 Å². The van der Waals surface area contributed by atoms with Crippen LogP contribution >= 0.6 is 12.4 Å². The number of nitrogens with two attached hydrogens (primary N) is 1. The van der Waals surface area contributed by atoms with Crippen LogP contribution in [-0.2, 0) is 0 Å². The van der Waals surface area contributed by atoms with Gasteiger partial charge in [0.05, 0.1) is 11.2 Å². The quantitative estimate of drug-likeness (QED) is 0.696. The Labute approximate surface area is 153 Å². The van der Waals surface area contributed by atoms with Gasteiger partial charge >= 0.3 is 0 Å². The molecule has 2 aromatic carbocycles. The van der Waals surface area contributed by atoms with Crippen molar-refractivity contribution in [3.8, 4) is 16.9 Å². The van der Waals surface area contributed by atoms with E-state index in [4.69, 9.17) is 10.5 Å². The molecular formula is C20H22ClN3O. The number of hydrogen-bond acceptors (Lipinski definition) is 4. The van der Waals surface area contributed by atoms with Crippen LogP contribution in [0.1, 0.15) is 12.8 Å². The fourth-order valence-electron chi connectivity index (χ4n) is 3.24. The van der Waals surface area contributed by atoms with Crippen LogP contribution in [0.3, 0.4) is 0 Å². The maximum Gasteiger partial charge on any atom is 0.119 e. The molecule has 4 rings (SSSR count). The molecular weight excluding hydrogens is 334 g/mol. The first kappa shape index (κ1) is 17.5. The largest absolute Gasteiger partial charge is 0.490 e. The minimum absolute atomic E-state index is 0. The Balaban J connectivity index is 0.00000182. The lowest BCUT2D eigenvalue weighted by atomic mass is 10.0. The lowest BCUT2D eigenvalue weighted by Crippen LogP contribution is -2.34. The van der Waals surface area contributed by atoms with Crippen LogP contribution in [0.15, 0.2) is 54.7 Å². The van der Waals surface area contributed by atoms with E-state index in [0.29, 0.717) is 6.10 Å². The van der Waals surface area contributed by atoms with Gasteiger partial charge in [0.2, 0.25) is 0 Å². The lowest BCUT2D eigenvalue weighted by Gasteiger charge is -2.23. The van der Waals surface area contributed by atoms with Crippen molar-refractivity contribution in [3.05, 3.63) is 54.7 Å². The van der Waals surface area contributed by atoms with Crippen molar-refractivity contribution in [2.75, 3.05) is 18.8 Å². The Bertz CT molecular complexity index is 845. The number of pyridine rings is 1. The number of anilines is 1. The number of nitrogens with zero attached hydrogens (tertiary/aromatic N) is 1. The molecule has 0 unspecified atom stereocenters. The van der Waals surface area contributed by atoms with Gasteiger partial charge in [-0.25, -0.2) is 0 Å². The third-order valence-electron chi connectivity index (χ3n) is 4.57. The standard InChI is InChI=1S/C20H21N3O.ClH/c21-19-18(8-5-15-2-1-11-23-20(15)19)14-3-6-16(7-4-14)24-17-9-12-22-13-10-17;/h1-8,11,17,22H,9-10,12-13,21H2;1H. The zero-order chi connectivity index (χ0) is 16.4. The molecule has 0 atom stereocenters. The van der Waals surface area contributed by atoms with Crippen LogP contribution in [0.4, 0.5) is 5.69 Å². The van der Waals surface area contributed by atoms with Crippen molar-refractivity contribution in [1.29, 1.82) is 0 Å². The van der Waals surface area contributed by atoms with Gasteiger partial charge in [0.15, 0.2) is 0 Å². The number of rotatable bonds is 3. The van der Waals surface area contributed by atoms with E-state index in [1.165, 1.54) is 0 Å². The van der Waals surface area contributed by atoms with Gasteiger partial charge in [-0.2, -0.15) is 0 Å². The summed E-state index contributed by atoms with van der Waals surface area (Å²) in [6.07, 6.45) is 4.21. The van der Waals surface area contributed by atoms with Crippen LogP contribution < -0.4 is 15.8 Å². The molecule has 130 valence electrons. The molecule has 0 spiro atoms. The van der Waals surface area contributed by atoms with E-state index >= 15 is 0 Å². The maximum atomic E-state index is 6.34. The number of ether oxygens (including phenoxy) is 1. The second-order valence-corrected chi connectivity index (χ2v) is 6.19. The molecule has 0 radical (unpaired) electrons. The molecule has 3 N–H and O–H groups in total. The highest BCUT2D eigenvalue weighted by molar-refractivity contribution is 5.97. The maximum absolute atomic E-state index is 6.34. The van der Waals surface area contributed by atoms with E-state index in [9.17, 15) is 0 Å². The Morgan fingerprint density at radius 3 is 2.52 bits per heavy atom. The molecule has 1 saturated heterocycles. The van der Waals surface area contributed by atoms with Crippen LogP contribution in [0.25, 0.3) is 22.0 Å². The Kier molecular flexibility index (Phi) is 5.41. The molecule has 5 heteroatoms. The van der Waals surface area contributed by atoms with Crippen LogP contribution in [0.5, 0.6) is 5.75 Å². The normalized spacial score (nSPS) is 14.9. The second-order valence-electron chi connectivity index (χ2n) is 6.19. The van der Waals surface area contributed by atoms with Crippen LogP contribution in [0.2, 0.25) is 0 Å². The molecule has 1 aliphatic rings. The van der Waals surface area contributed by atoms with E-state index in [1.54, 1.807) is 6.20 Å². The van der Waals surface area contributed by atoms with Gasteiger partial charge in [-0.3, -0.25) is 4.98 Å². The fraction of sp³-hybridized carbons (Fsp3) is 0.250. The smallest absolute Gasteiger partial charge is 0.119 e. The highest BCUT2D eigenvalue weighted by atomic mass is 35.5. The Morgan fingerprint density at radius 2 is 1.76 bits per heavy atom. The predicted octanol–water partition coefficient (Wildman–Crippen LogP) is 4.04. The molecule has 0 amide bonds. The summed E-state index contributed by atoms with van der Waals surface area (Å²) in [5.74, 6) is 0.920. The highest BCUT2D eigenvalue weighted by Gasteiger charge is 2.14. The first-order chi connectivity index (χ1) is 11.8. The van der Waals surface area contributed by atoms with Gasteiger partial charge in [0.25, 0.3) is 0 Å². The summed E-state index contributed by atoms with van der Waals surface area (Å²) < 4.78 is 6.06. The van der Waals surface area contributed by atoms with Crippen LogP contribution in [-0.4, -0.2) is 24.2 Å². The lowest BCUT2D eigenvalue weighted by molar-refractivity contribution is 0.162. The topological polar surface area (TPSA) is 60.2 Å². The number of nitrogen functional groups attached to an aromatic ring is 1. The van der Waals surface area contributed by atoms with E-state index in [-0.39, 0.29) is 12.4 Å². The number of nitrogens with one attached hydrogen (secondary N) is 1. The average molecular weight is 356 g/mol. The molecule has 0 aliphatic carbocycles. The monoisotopic (exact) mass is 355 g/mol. The van der Waals surface area contributed by atoms with Crippen molar-refractivity contribution < 1.29 is 4.74 Å². The fourth-order valence-corrected chi connectivity index (χ4v) is 3.24. The van der Waals surface area contributed by atoms with Crippen molar-refractivity contribution in [1.82, 2.24) is 10.3 Å². The van der Waals surface area contributed by atoms with Gasteiger partial charge in [-0.05, 0) is 49.7 Å². The van der Waals surface area contributed by atoms with Crippen molar-refractivity contribution >= 4 is 29.0 Å². The zero-order valence-electron chi connectivity index (χ0n) is 13.9. The number of fused-ring (bicyclic) bond motifs is 1. The molecule has 2 heterocycles. The summed E-state index contributed by atoms with van der Waals surface area (Å²) in [7, 11) is 0. The van der Waals surface area contributed by atoms with Crippen molar-refractivity contribution in [2.45, 2.75) is 18.9 Å². The van der Waals surface area contributed by atoms with Gasteiger partial charge in [-0.1, -0.05) is 30.3 Å². The molecule has 0 bridgehead atoms. The summed E-state index contributed by atoms with van der Waals surface area (Å²) in [5, 5.41) is 4.41. The SMILES string of the molecule is Cl.Nc1c(-c2ccc(OC3CCNCC3)cc2)ccc2cccnc12. The zero-order valence-corrected chi connectivity index (χ0v) is 14.8. The molecule has 4 nitrogen and oxygen atoms in total. The van der Waals surface area contributed by atoms with Crippen LogP contribution in [0, 0.1) is 0 Å². The first-order valence-corrected chi connectivity index (χ1v) is 8.42. The Hall–Kier alpha value is -2.30. The number of piperidine rings is 1. The summed E-state index contributed by atoms with van der Waals surface area (Å²) in [6.45, 7) is 2.06. The van der Waals surface area contributed by atoms with Gasteiger partial charge in [0.1, 0.15) is 11.9 Å². The summed E-state index contributed by atoms with van der Waals surface area (Å²) in [5.41, 5.74) is 10.0. The molecule has 1 fully saturated rings. The second kappa shape index (κ2) is 7.72. The third-order valence-corrected chi connectivity index (χ3v) is 4.57. The highest BCUT2D eigenvalue weighted by Crippen LogP contribution is 2.32. The molecule has 3 aromatic rings. The predicted molar refractivity (Wildman–Crippen MR) is 105 cm³/mol. The molecule has 1 aliphatic heterocycles. The number of aromatic nitrogens is 1.